The lowest BCUT2D eigenvalue weighted by atomic mass is 10.1. The molecule has 3 rings (SSSR count). The highest BCUT2D eigenvalue weighted by molar-refractivity contribution is 7.89. The maximum absolute atomic E-state index is 12.6. The van der Waals surface area contributed by atoms with Crippen molar-refractivity contribution < 1.29 is 8.42 Å². The Kier molecular flexibility index (Phi) is 3.13. The van der Waals surface area contributed by atoms with Gasteiger partial charge in [-0.3, -0.25) is 0 Å². The Bertz CT molecular complexity index is 511. The minimum Gasteiger partial charge on any atom is -0.317 e. The molecule has 0 aromatic heterocycles. The molecular formula is C13H18N2O2S. The third kappa shape index (κ3) is 2.06. The third-order valence-corrected chi connectivity index (χ3v) is 6.17. The van der Waals surface area contributed by atoms with Gasteiger partial charge in [-0.25, -0.2) is 8.42 Å². The van der Waals surface area contributed by atoms with E-state index in [9.17, 15) is 8.42 Å². The van der Waals surface area contributed by atoms with Gasteiger partial charge in [0.2, 0.25) is 10.0 Å². The molecule has 0 bridgehead atoms. The van der Waals surface area contributed by atoms with Gasteiger partial charge in [0.05, 0.1) is 5.25 Å². The van der Waals surface area contributed by atoms with E-state index in [1.807, 2.05) is 24.3 Å². The molecule has 2 heterocycles. The maximum atomic E-state index is 12.6. The maximum Gasteiger partial charge on any atom is 0.217 e. The van der Waals surface area contributed by atoms with Crippen LogP contribution in [0.5, 0.6) is 0 Å². The first-order chi connectivity index (χ1) is 8.68. The van der Waals surface area contributed by atoms with Crippen LogP contribution in [0.4, 0.5) is 0 Å². The standard InChI is InChI=1S/C13H18N2O2S/c16-18(17,13-5-7-14-8-6-13)15-9-11-3-1-2-4-12(11)10-15/h1-4,13-14H,5-10H2. The number of hydrogen-bond acceptors (Lipinski definition) is 3. The molecule has 0 spiro atoms. The summed E-state index contributed by atoms with van der Waals surface area (Å²) in [6, 6.07) is 7.99. The Morgan fingerprint density at radius 3 is 2.17 bits per heavy atom. The number of piperidine rings is 1. The van der Waals surface area contributed by atoms with Crippen molar-refractivity contribution in [3.8, 4) is 0 Å². The van der Waals surface area contributed by atoms with Crippen molar-refractivity contribution in [3.63, 3.8) is 0 Å². The van der Waals surface area contributed by atoms with E-state index < -0.39 is 10.0 Å². The molecule has 5 heteroatoms. The number of hydrogen-bond donors (Lipinski definition) is 1. The Morgan fingerprint density at radius 1 is 1.06 bits per heavy atom. The second kappa shape index (κ2) is 4.64. The first kappa shape index (κ1) is 12.1. The van der Waals surface area contributed by atoms with Gasteiger partial charge in [0.25, 0.3) is 0 Å². The van der Waals surface area contributed by atoms with E-state index in [1.54, 1.807) is 4.31 Å². The fourth-order valence-electron chi connectivity index (χ4n) is 2.79. The molecule has 2 aliphatic heterocycles. The second-order valence-corrected chi connectivity index (χ2v) is 7.24. The Morgan fingerprint density at radius 2 is 1.61 bits per heavy atom. The Hall–Kier alpha value is -0.910. The zero-order valence-electron chi connectivity index (χ0n) is 10.3. The molecule has 2 aliphatic rings. The molecule has 1 N–H and O–H groups in total. The molecule has 1 fully saturated rings. The van der Waals surface area contributed by atoms with Gasteiger partial charge >= 0.3 is 0 Å². The molecule has 0 unspecified atom stereocenters. The minimum atomic E-state index is -3.14. The zero-order chi connectivity index (χ0) is 12.6. The lowest BCUT2D eigenvalue weighted by Gasteiger charge is -2.27. The van der Waals surface area contributed by atoms with Gasteiger partial charge in [0, 0.05) is 13.1 Å². The average Bonchev–Trinajstić information content (AvgIpc) is 2.84. The fraction of sp³-hybridized carbons (Fsp3) is 0.538. The quantitative estimate of drug-likeness (QED) is 0.871. The van der Waals surface area contributed by atoms with Crippen molar-refractivity contribution in [2.45, 2.75) is 31.2 Å². The van der Waals surface area contributed by atoms with Gasteiger partial charge in [-0.2, -0.15) is 4.31 Å². The van der Waals surface area contributed by atoms with Crippen LogP contribution < -0.4 is 5.32 Å². The molecule has 0 radical (unpaired) electrons. The fourth-order valence-corrected chi connectivity index (χ4v) is 4.68. The summed E-state index contributed by atoms with van der Waals surface area (Å²) in [6.07, 6.45) is 1.46. The van der Waals surface area contributed by atoms with Gasteiger partial charge in [-0.05, 0) is 37.1 Å². The predicted octanol–water partition coefficient (Wildman–Crippen LogP) is 1.08. The normalized spacial score (nSPS) is 22.0. The van der Waals surface area contributed by atoms with Gasteiger partial charge in [0.1, 0.15) is 0 Å². The first-order valence-electron chi connectivity index (χ1n) is 6.44. The molecule has 1 aromatic rings. The Labute approximate surface area is 108 Å². The van der Waals surface area contributed by atoms with Gasteiger partial charge in [0.15, 0.2) is 0 Å². The number of nitrogens with zero attached hydrogens (tertiary/aromatic N) is 1. The summed E-state index contributed by atoms with van der Waals surface area (Å²) in [6.45, 7) is 2.71. The molecular weight excluding hydrogens is 248 g/mol. The number of nitrogens with one attached hydrogen (secondary N) is 1. The highest BCUT2D eigenvalue weighted by Gasteiger charge is 2.35. The minimum absolute atomic E-state index is 0.201. The van der Waals surface area contributed by atoms with E-state index in [0.29, 0.717) is 13.1 Å². The highest BCUT2D eigenvalue weighted by atomic mass is 32.2. The lowest BCUT2D eigenvalue weighted by molar-refractivity contribution is 0.404. The molecule has 0 saturated carbocycles. The first-order valence-corrected chi connectivity index (χ1v) is 7.95. The van der Waals surface area contributed by atoms with Crippen LogP contribution in [-0.2, 0) is 23.1 Å². The monoisotopic (exact) mass is 266 g/mol. The molecule has 4 nitrogen and oxygen atoms in total. The van der Waals surface area contributed by atoms with E-state index >= 15 is 0 Å². The summed E-state index contributed by atoms with van der Waals surface area (Å²) < 4.78 is 26.8. The van der Waals surface area contributed by atoms with E-state index in [-0.39, 0.29) is 5.25 Å². The topological polar surface area (TPSA) is 49.4 Å². The molecule has 1 saturated heterocycles. The molecule has 0 aliphatic carbocycles. The van der Waals surface area contributed by atoms with E-state index in [0.717, 1.165) is 37.1 Å². The summed E-state index contributed by atoms with van der Waals surface area (Å²) in [5.41, 5.74) is 2.30. The molecule has 1 aromatic carbocycles. The predicted molar refractivity (Wildman–Crippen MR) is 70.5 cm³/mol. The summed E-state index contributed by atoms with van der Waals surface area (Å²) in [4.78, 5) is 0. The zero-order valence-corrected chi connectivity index (χ0v) is 11.1. The van der Waals surface area contributed by atoms with Gasteiger partial charge in [-0.15, -0.1) is 0 Å². The highest BCUT2D eigenvalue weighted by Crippen LogP contribution is 2.28. The van der Waals surface area contributed by atoms with E-state index in [1.165, 1.54) is 0 Å². The van der Waals surface area contributed by atoms with Gasteiger partial charge < -0.3 is 5.32 Å². The summed E-state index contributed by atoms with van der Waals surface area (Å²) >= 11 is 0. The van der Waals surface area contributed by atoms with Crippen LogP contribution in [0.25, 0.3) is 0 Å². The SMILES string of the molecule is O=S(=O)(C1CCNCC1)N1Cc2ccccc2C1. The summed E-state index contributed by atoms with van der Waals surface area (Å²) in [7, 11) is -3.14. The van der Waals surface area contributed by atoms with Crippen molar-refractivity contribution in [2.75, 3.05) is 13.1 Å². The van der Waals surface area contributed by atoms with E-state index in [4.69, 9.17) is 0 Å². The largest absolute Gasteiger partial charge is 0.317 e. The number of rotatable bonds is 2. The summed E-state index contributed by atoms with van der Waals surface area (Å²) in [5.74, 6) is 0. The second-order valence-electron chi connectivity index (χ2n) is 5.03. The van der Waals surface area contributed by atoms with Crippen molar-refractivity contribution in [1.29, 1.82) is 0 Å². The van der Waals surface area contributed by atoms with Crippen LogP contribution in [0.2, 0.25) is 0 Å². The average molecular weight is 266 g/mol. The molecule has 18 heavy (non-hydrogen) atoms. The lowest BCUT2D eigenvalue weighted by Crippen LogP contribution is -2.42. The van der Waals surface area contributed by atoms with Crippen LogP contribution >= 0.6 is 0 Å². The number of fused-ring (bicyclic) bond motifs is 1. The van der Waals surface area contributed by atoms with E-state index in [2.05, 4.69) is 5.32 Å². The molecule has 98 valence electrons. The van der Waals surface area contributed by atoms with Crippen molar-refractivity contribution in [3.05, 3.63) is 35.4 Å². The smallest absolute Gasteiger partial charge is 0.217 e. The summed E-state index contributed by atoms with van der Waals surface area (Å²) in [5, 5.41) is 3.01. The molecule has 0 atom stereocenters. The van der Waals surface area contributed by atoms with Crippen LogP contribution in [0.3, 0.4) is 0 Å². The van der Waals surface area contributed by atoms with Crippen molar-refractivity contribution in [2.24, 2.45) is 0 Å². The molecule has 0 amide bonds. The van der Waals surface area contributed by atoms with Crippen LogP contribution in [0.1, 0.15) is 24.0 Å². The Balaban J connectivity index is 1.80. The number of benzene rings is 1. The van der Waals surface area contributed by atoms with Crippen LogP contribution in [0, 0.1) is 0 Å². The number of sulfonamides is 1. The van der Waals surface area contributed by atoms with Crippen LogP contribution in [0.15, 0.2) is 24.3 Å². The van der Waals surface area contributed by atoms with Crippen molar-refractivity contribution >= 4 is 10.0 Å². The van der Waals surface area contributed by atoms with Crippen LogP contribution in [-0.4, -0.2) is 31.1 Å². The van der Waals surface area contributed by atoms with Crippen molar-refractivity contribution in [1.82, 2.24) is 9.62 Å². The third-order valence-electron chi connectivity index (χ3n) is 3.88. The van der Waals surface area contributed by atoms with Gasteiger partial charge in [-0.1, -0.05) is 24.3 Å².